The number of ether oxygens (including phenoxy) is 1. The number of aryl methyl sites for hydroxylation is 3. The van der Waals surface area contributed by atoms with E-state index in [0.29, 0.717) is 5.92 Å². The van der Waals surface area contributed by atoms with Gasteiger partial charge in [0.1, 0.15) is 17.2 Å². The van der Waals surface area contributed by atoms with Crippen LogP contribution < -0.4 is 5.56 Å². The number of pyridine rings is 1. The second kappa shape index (κ2) is 6.75. The van der Waals surface area contributed by atoms with Crippen LogP contribution in [-0.2, 0) is 37.0 Å². The number of carbonyl (C=O) groups is 1. The monoisotopic (exact) mass is 358 g/mol. The maximum atomic E-state index is 12.4. The Hall–Kier alpha value is -1.95. The Morgan fingerprint density at radius 3 is 3.08 bits per heavy atom. The van der Waals surface area contributed by atoms with E-state index in [1.54, 1.807) is 17.4 Å². The molecule has 1 atom stereocenters. The van der Waals surface area contributed by atoms with Gasteiger partial charge in [-0.3, -0.25) is 4.79 Å². The van der Waals surface area contributed by atoms with E-state index >= 15 is 0 Å². The third kappa shape index (κ3) is 3.40. The fourth-order valence-corrected chi connectivity index (χ4v) is 4.88. The number of carbonyl (C=O) groups excluding carboxylic acids is 1. The minimum absolute atomic E-state index is 0.107. The number of aromatic nitrogens is 2. The van der Waals surface area contributed by atoms with Crippen molar-refractivity contribution in [2.24, 2.45) is 5.92 Å². The number of thiazole rings is 1. The van der Waals surface area contributed by atoms with Crippen molar-refractivity contribution in [3.05, 3.63) is 48.8 Å². The highest BCUT2D eigenvalue weighted by Gasteiger charge is 2.21. The van der Waals surface area contributed by atoms with Gasteiger partial charge in [0.05, 0.1) is 5.69 Å². The van der Waals surface area contributed by atoms with Gasteiger partial charge in [-0.25, -0.2) is 9.78 Å². The summed E-state index contributed by atoms with van der Waals surface area (Å²) in [6.07, 6.45) is 7.20. The fraction of sp³-hybridized carbons (Fsp3) is 0.526. The lowest BCUT2D eigenvalue weighted by Gasteiger charge is -2.15. The van der Waals surface area contributed by atoms with E-state index in [0.717, 1.165) is 60.5 Å². The molecule has 0 saturated carbocycles. The normalized spacial score (nSPS) is 19.2. The summed E-state index contributed by atoms with van der Waals surface area (Å²) in [6, 6.07) is 1.71. The van der Waals surface area contributed by atoms with Gasteiger partial charge in [-0.15, -0.1) is 11.3 Å². The number of hydrogen-bond donors (Lipinski definition) is 1. The average molecular weight is 358 g/mol. The highest BCUT2D eigenvalue weighted by Crippen LogP contribution is 2.30. The van der Waals surface area contributed by atoms with Crippen LogP contribution in [0.5, 0.6) is 0 Å². The van der Waals surface area contributed by atoms with Gasteiger partial charge >= 0.3 is 5.97 Å². The Balaban J connectivity index is 1.47. The number of H-pyrrole nitrogens is 1. The lowest BCUT2D eigenvalue weighted by molar-refractivity contribution is 0.0470. The summed E-state index contributed by atoms with van der Waals surface area (Å²) < 4.78 is 5.38. The molecule has 1 unspecified atom stereocenters. The minimum Gasteiger partial charge on any atom is -0.455 e. The summed E-state index contributed by atoms with van der Waals surface area (Å²) >= 11 is 1.63. The molecule has 132 valence electrons. The third-order valence-corrected chi connectivity index (χ3v) is 6.21. The van der Waals surface area contributed by atoms with E-state index in [1.807, 2.05) is 0 Å². The van der Waals surface area contributed by atoms with E-state index in [-0.39, 0.29) is 17.7 Å². The second-order valence-electron chi connectivity index (χ2n) is 7.12. The molecule has 4 rings (SSSR count). The molecule has 1 N–H and O–H groups in total. The van der Waals surface area contributed by atoms with E-state index in [1.165, 1.54) is 11.3 Å². The highest BCUT2D eigenvalue weighted by molar-refractivity contribution is 7.11. The summed E-state index contributed by atoms with van der Waals surface area (Å²) in [7, 11) is 0. The molecule has 25 heavy (non-hydrogen) atoms. The van der Waals surface area contributed by atoms with Crippen LogP contribution in [0.15, 0.2) is 10.9 Å². The predicted octanol–water partition coefficient (Wildman–Crippen LogP) is 3.19. The maximum Gasteiger partial charge on any atom is 0.344 e. The molecule has 0 aliphatic heterocycles. The van der Waals surface area contributed by atoms with Gasteiger partial charge in [0.15, 0.2) is 0 Å². The molecular formula is C19H22N2O3S. The highest BCUT2D eigenvalue weighted by atomic mass is 32.1. The van der Waals surface area contributed by atoms with Crippen LogP contribution in [0.1, 0.15) is 63.4 Å². The topological polar surface area (TPSA) is 72.0 Å². The summed E-state index contributed by atoms with van der Waals surface area (Å²) in [5, 5.41) is 0.821. The number of nitrogens with zero attached hydrogens (tertiary/aromatic N) is 1. The zero-order valence-electron chi connectivity index (χ0n) is 14.4. The molecule has 0 aromatic carbocycles. The van der Waals surface area contributed by atoms with Crippen molar-refractivity contribution in [1.29, 1.82) is 0 Å². The van der Waals surface area contributed by atoms with Gasteiger partial charge in [0.2, 0.25) is 0 Å². The van der Waals surface area contributed by atoms with Crippen molar-refractivity contribution >= 4 is 17.3 Å². The molecule has 0 spiro atoms. The van der Waals surface area contributed by atoms with Gasteiger partial charge in [-0.05, 0) is 62.5 Å². The molecule has 0 radical (unpaired) electrons. The van der Waals surface area contributed by atoms with E-state index in [4.69, 9.17) is 4.74 Å². The number of hydrogen-bond acceptors (Lipinski definition) is 5. The number of nitrogens with one attached hydrogen (secondary N) is 1. The SMILES string of the molecule is CC1CCc2nc(COC(=O)c3cc4c([nH]c3=O)CCCC4)sc2C1. The molecule has 6 heteroatoms. The summed E-state index contributed by atoms with van der Waals surface area (Å²) in [5.41, 5.74) is 2.94. The van der Waals surface area contributed by atoms with Crippen molar-refractivity contribution < 1.29 is 9.53 Å². The van der Waals surface area contributed by atoms with Gasteiger partial charge in [0, 0.05) is 10.6 Å². The third-order valence-electron chi connectivity index (χ3n) is 5.12. The van der Waals surface area contributed by atoms with Crippen molar-refractivity contribution in [1.82, 2.24) is 9.97 Å². The standard InChI is InChI=1S/C19H22N2O3S/c1-11-6-7-15-16(8-11)25-17(20-15)10-24-19(23)13-9-12-4-2-3-5-14(12)21-18(13)22/h9,11H,2-8,10H2,1H3,(H,21,22). The van der Waals surface area contributed by atoms with Crippen LogP contribution in [0, 0.1) is 5.92 Å². The first-order valence-electron chi connectivity index (χ1n) is 9.00. The largest absolute Gasteiger partial charge is 0.455 e. The van der Waals surface area contributed by atoms with Crippen molar-refractivity contribution in [2.75, 3.05) is 0 Å². The Morgan fingerprint density at radius 2 is 2.20 bits per heavy atom. The van der Waals surface area contributed by atoms with Crippen LogP contribution in [0.3, 0.4) is 0 Å². The van der Waals surface area contributed by atoms with Gasteiger partial charge in [-0.1, -0.05) is 6.92 Å². The molecule has 2 aromatic rings. The van der Waals surface area contributed by atoms with Gasteiger partial charge < -0.3 is 9.72 Å². The smallest absolute Gasteiger partial charge is 0.344 e. The molecule has 0 amide bonds. The number of fused-ring (bicyclic) bond motifs is 2. The summed E-state index contributed by atoms with van der Waals surface area (Å²) in [4.78, 5) is 33.3. The Bertz CT molecular complexity index is 868. The van der Waals surface area contributed by atoms with Gasteiger partial charge in [0.25, 0.3) is 5.56 Å². The Labute approximate surface area is 150 Å². The molecule has 0 fully saturated rings. The molecule has 2 aliphatic carbocycles. The van der Waals surface area contributed by atoms with Crippen LogP contribution in [0.25, 0.3) is 0 Å². The summed E-state index contributed by atoms with van der Waals surface area (Å²) in [6.45, 7) is 2.39. The zero-order valence-corrected chi connectivity index (χ0v) is 15.2. The fourth-order valence-electron chi connectivity index (χ4n) is 3.69. The number of esters is 1. The molecule has 2 aromatic heterocycles. The van der Waals surface area contributed by atoms with Crippen LogP contribution in [0.2, 0.25) is 0 Å². The molecule has 2 aliphatic rings. The average Bonchev–Trinajstić information content (AvgIpc) is 3.01. The first kappa shape index (κ1) is 16.5. The van der Waals surface area contributed by atoms with E-state index in [2.05, 4.69) is 16.9 Å². The lowest BCUT2D eigenvalue weighted by Crippen LogP contribution is -2.23. The molecule has 0 saturated heterocycles. The Morgan fingerprint density at radius 1 is 1.36 bits per heavy atom. The van der Waals surface area contributed by atoms with Crippen LogP contribution >= 0.6 is 11.3 Å². The number of rotatable bonds is 3. The second-order valence-corrected chi connectivity index (χ2v) is 8.29. The van der Waals surface area contributed by atoms with Crippen molar-refractivity contribution in [2.45, 2.75) is 58.5 Å². The maximum absolute atomic E-state index is 12.4. The molecule has 2 heterocycles. The molecule has 5 nitrogen and oxygen atoms in total. The lowest BCUT2D eigenvalue weighted by atomic mass is 9.93. The first-order valence-corrected chi connectivity index (χ1v) is 9.81. The molecule has 0 bridgehead atoms. The number of aromatic amines is 1. The van der Waals surface area contributed by atoms with Crippen molar-refractivity contribution in [3.8, 4) is 0 Å². The van der Waals surface area contributed by atoms with Crippen molar-refractivity contribution in [3.63, 3.8) is 0 Å². The van der Waals surface area contributed by atoms with Crippen LogP contribution in [0.4, 0.5) is 0 Å². The predicted molar refractivity (Wildman–Crippen MR) is 96.1 cm³/mol. The first-order chi connectivity index (χ1) is 12.1. The van der Waals surface area contributed by atoms with E-state index < -0.39 is 5.97 Å². The Kier molecular flexibility index (Phi) is 4.46. The zero-order chi connectivity index (χ0) is 17.4. The van der Waals surface area contributed by atoms with Crippen LogP contribution in [-0.4, -0.2) is 15.9 Å². The minimum atomic E-state index is -0.559. The quantitative estimate of drug-likeness (QED) is 0.855. The summed E-state index contributed by atoms with van der Waals surface area (Å²) in [5.74, 6) is 0.133. The van der Waals surface area contributed by atoms with E-state index in [9.17, 15) is 9.59 Å². The molecular weight excluding hydrogens is 336 g/mol. The van der Waals surface area contributed by atoms with Gasteiger partial charge in [-0.2, -0.15) is 0 Å².